The molecule has 0 aromatic heterocycles. The number of rotatable bonds is 2. The van der Waals surface area contributed by atoms with Crippen molar-refractivity contribution in [3.05, 3.63) is 35.4 Å². The lowest BCUT2D eigenvalue weighted by Crippen LogP contribution is -2.52. The molecule has 1 fully saturated rings. The van der Waals surface area contributed by atoms with E-state index in [9.17, 15) is 14.7 Å². The molecule has 2 atom stereocenters. The summed E-state index contributed by atoms with van der Waals surface area (Å²) >= 11 is 0. The molecule has 0 unspecified atom stereocenters. The van der Waals surface area contributed by atoms with E-state index in [1.807, 2.05) is 24.3 Å². The van der Waals surface area contributed by atoms with Gasteiger partial charge in [-0.3, -0.25) is 4.79 Å². The smallest absolute Gasteiger partial charge is 0.326 e. The number of nitrogens with zero attached hydrogens (tertiary/aromatic N) is 1. The molecule has 1 amide bonds. The molecule has 0 spiro atoms. The number of hydrogen-bond donors (Lipinski definition) is 2. The molecule has 0 radical (unpaired) electrons. The molecule has 0 bridgehead atoms. The number of hydrogen-bond acceptors (Lipinski definition) is 3. The van der Waals surface area contributed by atoms with Gasteiger partial charge in [-0.2, -0.15) is 0 Å². The van der Waals surface area contributed by atoms with Crippen molar-refractivity contribution in [2.75, 3.05) is 13.1 Å². The number of nitrogens with one attached hydrogen (secondary N) is 1. The van der Waals surface area contributed by atoms with Crippen LogP contribution in [0.15, 0.2) is 24.3 Å². The Labute approximate surface area is 123 Å². The third-order valence-corrected chi connectivity index (χ3v) is 4.46. The van der Waals surface area contributed by atoms with E-state index < -0.39 is 12.0 Å². The molecule has 112 valence electrons. The van der Waals surface area contributed by atoms with Gasteiger partial charge in [0.2, 0.25) is 5.91 Å². The standard InChI is InChI=1S/C16H20N2O3/c19-15(12-6-3-7-17-9-12)18-10-13-5-2-1-4-11(13)8-14(18)16(20)21/h1-2,4-5,12,14,17H,3,6-10H2,(H,20,21)/t12-,14-/m0/s1. The fourth-order valence-corrected chi connectivity index (χ4v) is 3.27. The van der Waals surface area contributed by atoms with Crippen molar-refractivity contribution in [1.82, 2.24) is 10.2 Å². The Kier molecular flexibility index (Phi) is 3.92. The number of amides is 1. The molecule has 5 heteroatoms. The summed E-state index contributed by atoms with van der Waals surface area (Å²) in [7, 11) is 0. The van der Waals surface area contributed by atoms with E-state index in [-0.39, 0.29) is 11.8 Å². The Bertz CT molecular complexity index is 552. The summed E-state index contributed by atoms with van der Waals surface area (Å²) in [6.07, 6.45) is 2.21. The fourth-order valence-electron chi connectivity index (χ4n) is 3.27. The third kappa shape index (κ3) is 2.78. The first-order valence-corrected chi connectivity index (χ1v) is 7.47. The number of carbonyl (C=O) groups is 2. The van der Waals surface area contributed by atoms with Gasteiger partial charge >= 0.3 is 5.97 Å². The van der Waals surface area contributed by atoms with Crippen LogP contribution >= 0.6 is 0 Å². The van der Waals surface area contributed by atoms with Crippen LogP contribution in [-0.2, 0) is 22.6 Å². The highest BCUT2D eigenvalue weighted by Gasteiger charge is 2.37. The highest BCUT2D eigenvalue weighted by atomic mass is 16.4. The van der Waals surface area contributed by atoms with Crippen LogP contribution in [0, 0.1) is 5.92 Å². The molecule has 2 N–H and O–H groups in total. The van der Waals surface area contributed by atoms with Crippen molar-refractivity contribution < 1.29 is 14.7 Å². The van der Waals surface area contributed by atoms with Crippen molar-refractivity contribution in [3.8, 4) is 0 Å². The van der Waals surface area contributed by atoms with Crippen molar-refractivity contribution in [1.29, 1.82) is 0 Å². The highest BCUT2D eigenvalue weighted by molar-refractivity contribution is 5.86. The first-order chi connectivity index (χ1) is 10.2. The average molecular weight is 288 g/mol. The lowest BCUT2D eigenvalue weighted by atomic mass is 9.91. The zero-order valence-electron chi connectivity index (χ0n) is 11.9. The quantitative estimate of drug-likeness (QED) is 0.852. The van der Waals surface area contributed by atoms with Crippen LogP contribution in [0.3, 0.4) is 0 Å². The van der Waals surface area contributed by atoms with Crippen LogP contribution in [0.25, 0.3) is 0 Å². The third-order valence-electron chi connectivity index (χ3n) is 4.46. The minimum Gasteiger partial charge on any atom is -0.480 e. The molecule has 0 aliphatic carbocycles. The first-order valence-electron chi connectivity index (χ1n) is 7.47. The molecule has 1 aromatic rings. The van der Waals surface area contributed by atoms with E-state index in [1.54, 1.807) is 4.90 Å². The van der Waals surface area contributed by atoms with Crippen molar-refractivity contribution in [3.63, 3.8) is 0 Å². The predicted molar refractivity (Wildman–Crippen MR) is 77.7 cm³/mol. The van der Waals surface area contributed by atoms with Crippen LogP contribution < -0.4 is 5.32 Å². The topological polar surface area (TPSA) is 69.6 Å². The second kappa shape index (κ2) is 5.85. The summed E-state index contributed by atoms with van der Waals surface area (Å²) in [5.41, 5.74) is 2.10. The molecule has 5 nitrogen and oxygen atoms in total. The van der Waals surface area contributed by atoms with Gasteiger partial charge in [0.05, 0.1) is 5.92 Å². The predicted octanol–water partition coefficient (Wildman–Crippen LogP) is 1.02. The Balaban J connectivity index is 1.85. The summed E-state index contributed by atoms with van der Waals surface area (Å²) in [5.74, 6) is -1.03. The summed E-state index contributed by atoms with van der Waals surface area (Å²) < 4.78 is 0. The van der Waals surface area contributed by atoms with Crippen LogP contribution in [-0.4, -0.2) is 41.0 Å². The molecule has 1 aromatic carbocycles. The lowest BCUT2D eigenvalue weighted by Gasteiger charge is -2.37. The fraction of sp³-hybridized carbons (Fsp3) is 0.500. The number of carbonyl (C=O) groups excluding carboxylic acids is 1. The Morgan fingerprint density at radius 1 is 1.24 bits per heavy atom. The van der Waals surface area contributed by atoms with E-state index in [2.05, 4.69) is 5.32 Å². The van der Waals surface area contributed by atoms with Gasteiger partial charge in [-0.15, -0.1) is 0 Å². The van der Waals surface area contributed by atoms with Crippen LogP contribution in [0.5, 0.6) is 0 Å². The van der Waals surface area contributed by atoms with Gasteiger partial charge in [0.25, 0.3) is 0 Å². The summed E-state index contributed by atoms with van der Waals surface area (Å²) in [4.78, 5) is 25.8. The maximum absolute atomic E-state index is 12.7. The van der Waals surface area contributed by atoms with Gasteiger partial charge < -0.3 is 15.3 Å². The molecular formula is C16H20N2O3. The maximum atomic E-state index is 12.7. The molecular weight excluding hydrogens is 268 g/mol. The second-order valence-electron chi connectivity index (χ2n) is 5.84. The zero-order valence-corrected chi connectivity index (χ0v) is 11.9. The molecule has 2 aliphatic heterocycles. The van der Waals surface area contributed by atoms with Crippen molar-refractivity contribution in [2.24, 2.45) is 5.92 Å². The van der Waals surface area contributed by atoms with Crippen LogP contribution in [0.1, 0.15) is 24.0 Å². The molecule has 0 saturated carbocycles. The number of carboxylic acid groups (broad SMARTS) is 1. The van der Waals surface area contributed by atoms with E-state index in [0.717, 1.165) is 30.5 Å². The number of fused-ring (bicyclic) bond motifs is 1. The number of benzene rings is 1. The lowest BCUT2D eigenvalue weighted by molar-refractivity contribution is -0.153. The molecule has 3 rings (SSSR count). The van der Waals surface area contributed by atoms with Gasteiger partial charge in [-0.1, -0.05) is 24.3 Å². The van der Waals surface area contributed by atoms with E-state index in [4.69, 9.17) is 0 Å². The van der Waals surface area contributed by atoms with Crippen LogP contribution in [0.4, 0.5) is 0 Å². The van der Waals surface area contributed by atoms with E-state index in [1.165, 1.54) is 0 Å². The van der Waals surface area contributed by atoms with Gasteiger partial charge in [0, 0.05) is 19.5 Å². The first kappa shape index (κ1) is 14.1. The maximum Gasteiger partial charge on any atom is 0.326 e. The Morgan fingerprint density at radius 3 is 2.67 bits per heavy atom. The van der Waals surface area contributed by atoms with Crippen LogP contribution in [0.2, 0.25) is 0 Å². The van der Waals surface area contributed by atoms with Gasteiger partial charge in [0.1, 0.15) is 6.04 Å². The summed E-state index contributed by atoms with van der Waals surface area (Å²) in [6, 6.07) is 7.04. The van der Waals surface area contributed by atoms with Crippen molar-refractivity contribution in [2.45, 2.75) is 31.8 Å². The van der Waals surface area contributed by atoms with Gasteiger partial charge in [-0.25, -0.2) is 4.79 Å². The number of carboxylic acids is 1. The largest absolute Gasteiger partial charge is 0.480 e. The van der Waals surface area contributed by atoms with E-state index >= 15 is 0 Å². The molecule has 2 aliphatic rings. The Hall–Kier alpha value is -1.88. The normalized spacial score (nSPS) is 25.2. The molecule has 21 heavy (non-hydrogen) atoms. The highest BCUT2D eigenvalue weighted by Crippen LogP contribution is 2.26. The summed E-state index contributed by atoms with van der Waals surface area (Å²) in [6.45, 7) is 2.00. The van der Waals surface area contributed by atoms with Gasteiger partial charge in [-0.05, 0) is 30.5 Å². The van der Waals surface area contributed by atoms with Crippen molar-refractivity contribution >= 4 is 11.9 Å². The Morgan fingerprint density at radius 2 is 2.00 bits per heavy atom. The monoisotopic (exact) mass is 288 g/mol. The average Bonchev–Trinajstić information content (AvgIpc) is 2.53. The molecule has 2 heterocycles. The van der Waals surface area contributed by atoms with Gasteiger partial charge in [0.15, 0.2) is 0 Å². The minimum atomic E-state index is -0.915. The van der Waals surface area contributed by atoms with E-state index in [0.29, 0.717) is 19.5 Å². The second-order valence-corrected chi connectivity index (χ2v) is 5.84. The number of aliphatic carboxylic acids is 1. The minimum absolute atomic E-state index is 0.0240. The SMILES string of the molecule is O=C(O)[C@@H]1Cc2ccccc2CN1C(=O)[C@H]1CCCNC1. The summed E-state index contributed by atoms with van der Waals surface area (Å²) in [5, 5.41) is 12.7. The zero-order chi connectivity index (χ0) is 14.8. The molecule has 1 saturated heterocycles. The number of piperidine rings is 1.